The van der Waals surface area contributed by atoms with Crippen LogP contribution >= 0.6 is 0 Å². The molecule has 6 nitrogen and oxygen atoms in total. The van der Waals surface area contributed by atoms with Crippen molar-refractivity contribution < 1.29 is 9.53 Å². The first-order chi connectivity index (χ1) is 13.1. The van der Waals surface area contributed by atoms with Crippen molar-refractivity contribution >= 4 is 38.9 Å². The van der Waals surface area contributed by atoms with Crippen LogP contribution < -0.4 is 10.9 Å². The van der Waals surface area contributed by atoms with Gasteiger partial charge >= 0.3 is 6.09 Å². The van der Waals surface area contributed by atoms with Crippen LogP contribution in [0.3, 0.4) is 0 Å². The van der Waals surface area contributed by atoms with E-state index in [1.807, 2.05) is 6.92 Å². The van der Waals surface area contributed by atoms with Crippen molar-refractivity contribution in [1.82, 2.24) is 9.55 Å². The molecule has 1 N–H and O–H groups in total. The van der Waals surface area contributed by atoms with E-state index in [0.717, 1.165) is 12.8 Å². The van der Waals surface area contributed by atoms with Gasteiger partial charge in [-0.2, -0.15) is 0 Å². The Bertz CT molecular complexity index is 1300. The molecular formula is C21H18N2O4. The number of aromatic nitrogens is 2. The second-order valence-corrected chi connectivity index (χ2v) is 6.37. The van der Waals surface area contributed by atoms with Crippen LogP contribution in [0.4, 0.5) is 4.79 Å². The summed E-state index contributed by atoms with van der Waals surface area (Å²) in [6, 6.07) is 13.6. The zero-order valence-corrected chi connectivity index (χ0v) is 14.8. The molecule has 0 unspecified atom stereocenters. The summed E-state index contributed by atoms with van der Waals surface area (Å²) in [6.07, 6.45) is 0.941. The molecule has 0 aliphatic carbocycles. The van der Waals surface area contributed by atoms with E-state index < -0.39 is 6.09 Å². The molecule has 2 aromatic carbocycles. The highest BCUT2D eigenvalue weighted by atomic mass is 16.5. The lowest BCUT2D eigenvalue weighted by atomic mass is 10.1. The maximum Gasteiger partial charge on any atom is 0.419 e. The molecular weight excluding hydrogens is 344 g/mol. The summed E-state index contributed by atoms with van der Waals surface area (Å²) in [5.74, 6) is 0. The monoisotopic (exact) mass is 362 g/mol. The number of aromatic amines is 1. The third-order valence-electron chi connectivity index (χ3n) is 4.63. The molecule has 0 aliphatic rings. The van der Waals surface area contributed by atoms with Crippen LogP contribution in [-0.4, -0.2) is 22.3 Å². The van der Waals surface area contributed by atoms with E-state index in [0.29, 0.717) is 21.8 Å². The number of benzene rings is 2. The average Bonchev–Trinajstić information content (AvgIpc) is 2.69. The highest BCUT2D eigenvalue weighted by Gasteiger charge is 2.20. The lowest BCUT2D eigenvalue weighted by Gasteiger charge is -2.14. The maximum absolute atomic E-state index is 13.2. The van der Waals surface area contributed by atoms with E-state index in [2.05, 4.69) is 4.98 Å². The normalized spacial score (nSPS) is 11.3. The molecule has 0 saturated heterocycles. The Morgan fingerprint density at radius 3 is 2.48 bits per heavy atom. The van der Waals surface area contributed by atoms with Crippen LogP contribution in [-0.2, 0) is 4.74 Å². The number of ether oxygens (including phenoxy) is 1. The average molecular weight is 362 g/mol. The molecule has 0 atom stereocenters. The second kappa shape index (κ2) is 6.72. The van der Waals surface area contributed by atoms with Gasteiger partial charge in [-0.05, 0) is 30.7 Å². The summed E-state index contributed by atoms with van der Waals surface area (Å²) in [5, 5.41) is 0.762. The third-order valence-corrected chi connectivity index (χ3v) is 4.63. The van der Waals surface area contributed by atoms with Gasteiger partial charge < -0.3 is 9.72 Å². The van der Waals surface area contributed by atoms with Crippen molar-refractivity contribution in [3.63, 3.8) is 0 Å². The number of unbranched alkanes of at least 4 members (excludes halogenated alkanes) is 1. The molecule has 0 aliphatic heterocycles. The van der Waals surface area contributed by atoms with Crippen LogP contribution in [0.5, 0.6) is 0 Å². The number of para-hydroxylation sites is 2. The van der Waals surface area contributed by atoms with E-state index in [9.17, 15) is 14.4 Å². The summed E-state index contributed by atoms with van der Waals surface area (Å²) in [7, 11) is 0. The Morgan fingerprint density at radius 2 is 1.70 bits per heavy atom. The van der Waals surface area contributed by atoms with Gasteiger partial charge in [0.1, 0.15) is 11.0 Å². The fourth-order valence-corrected chi connectivity index (χ4v) is 3.28. The van der Waals surface area contributed by atoms with Crippen LogP contribution in [0.2, 0.25) is 0 Å². The molecule has 0 saturated carbocycles. The molecule has 0 bridgehead atoms. The minimum Gasteiger partial charge on any atom is -0.449 e. The predicted molar refractivity (Wildman–Crippen MR) is 105 cm³/mol. The Morgan fingerprint density at radius 1 is 1.00 bits per heavy atom. The second-order valence-electron chi connectivity index (χ2n) is 6.37. The van der Waals surface area contributed by atoms with Gasteiger partial charge in [-0.15, -0.1) is 0 Å². The van der Waals surface area contributed by atoms with Crippen LogP contribution in [0, 0.1) is 0 Å². The molecule has 6 heteroatoms. The number of rotatable bonds is 3. The fourth-order valence-electron chi connectivity index (χ4n) is 3.28. The van der Waals surface area contributed by atoms with Gasteiger partial charge in [0.2, 0.25) is 10.9 Å². The van der Waals surface area contributed by atoms with Crippen molar-refractivity contribution in [1.29, 1.82) is 0 Å². The molecule has 0 fully saturated rings. The molecule has 0 amide bonds. The number of carbonyl (C=O) groups is 1. The zero-order chi connectivity index (χ0) is 19.0. The standard InChI is InChI=1S/C21H18N2O4/c1-2-3-12-27-21(26)23-16-11-7-5-9-14(16)19(24)17-18(23)20(25)13-8-4-6-10-15(13)22-17/h4-11H,2-3,12H2,1H3,(H,22,25). The first kappa shape index (κ1) is 17.0. The van der Waals surface area contributed by atoms with Crippen LogP contribution in [0.25, 0.3) is 32.8 Å². The van der Waals surface area contributed by atoms with E-state index in [-0.39, 0.29) is 28.5 Å². The Kier molecular flexibility index (Phi) is 4.24. The van der Waals surface area contributed by atoms with E-state index in [1.165, 1.54) is 4.57 Å². The number of hydrogen-bond acceptors (Lipinski definition) is 4. The predicted octanol–water partition coefficient (Wildman–Crippen LogP) is 3.78. The number of carbonyl (C=O) groups excluding carboxylic acids is 1. The largest absolute Gasteiger partial charge is 0.449 e. The number of pyridine rings is 2. The van der Waals surface area contributed by atoms with Gasteiger partial charge in [-0.25, -0.2) is 9.36 Å². The Labute approximate surface area is 154 Å². The van der Waals surface area contributed by atoms with E-state index >= 15 is 0 Å². The first-order valence-electron chi connectivity index (χ1n) is 8.89. The van der Waals surface area contributed by atoms with Crippen molar-refractivity contribution in [2.24, 2.45) is 0 Å². The van der Waals surface area contributed by atoms with Gasteiger partial charge in [-0.1, -0.05) is 37.6 Å². The smallest absolute Gasteiger partial charge is 0.419 e. The lowest BCUT2D eigenvalue weighted by molar-refractivity contribution is 0.148. The number of hydrogen-bond donors (Lipinski definition) is 1. The van der Waals surface area contributed by atoms with Crippen molar-refractivity contribution in [3.05, 3.63) is 69.0 Å². The van der Waals surface area contributed by atoms with Gasteiger partial charge in [0, 0.05) is 16.3 Å². The van der Waals surface area contributed by atoms with Gasteiger partial charge in [0.15, 0.2) is 0 Å². The first-order valence-corrected chi connectivity index (χ1v) is 8.89. The minimum atomic E-state index is -0.662. The highest BCUT2D eigenvalue weighted by molar-refractivity contribution is 6.02. The van der Waals surface area contributed by atoms with Crippen LogP contribution in [0.15, 0.2) is 58.1 Å². The highest BCUT2D eigenvalue weighted by Crippen LogP contribution is 2.19. The summed E-state index contributed by atoms with van der Waals surface area (Å²) in [5.41, 5.74) is 0.324. The quantitative estimate of drug-likeness (QED) is 0.444. The molecule has 0 spiro atoms. The Balaban J connectivity index is 2.16. The Hall–Kier alpha value is -3.41. The van der Waals surface area contributed by atoms with Crippen molar-refractivity contribution in [2.45, 2.75) is 19.8 Å². The van der Waals surface area contributed by atoms with E-state index in [4.69, 9.17) is 4.74 Å². The van der Waals surface area contributed by atoms with Crippen molar-refractivity contribution in [3.8, 4) is 0 Å². The topological polar surface area (TPSA) is 81.2 Å². The SMILES string of the molecule is CCCCOC(=O)n1c2ccccc2c(=O)c2[nH]c3ccccc3c(=O)c21. The third kappa shape index (κ3) is 2.70. The molecule has 136 valence electrons. The number of nitrogens with zero attached hydrogens (tertiary/aromatic N) is 1. The molecule has 2 aromatic heterocycles. The van der Waals surface area contributed by atoms with E-state index in [1.54, 1.807) is 48.5 Å². The summed E-state index contributed by atoms with van der Waals surface area (Å²) < 4.78 is 6.58. The molecule has 0 radical (unpaired) electrons. The molecule has 4 aromatic rings. The molecule has 4 rings (SSSR count). The maximum atomic E-state index is 13.2. The summed E-state index contributed by atoms with van der Waals surface area (Å²) in [4.78, 5) is 42.0. The zero-order valence-electron chi connectivity index (χ0n) is 14.8. The van der Waals surface area contributed by atoms with Gasteiger partial charge in [-0.3, -0.25) is 9.59 Å². The number of fused-ring (bicyclic) bond motifs is 3. The van der Waals surface area contributed by atoms with Crippen molar-refractivity contribution in [2.75, 3.05) is 6.61 Å². The van der Waals surface area contributed by atoms with Gasteiger partial charge in [0.25, 0.3) is 0 Å². The summed E-state index contributed by atoms with van der Waals surface area (Å²) in [6.45, 7) is 2.25. The molecule has 27 heavy (non-hydrogen) atoms. The lowest BCUT2D eigenvalue weighted by Crippen LogP contribution is -2.25. The van der Waals surface area contributed by atoms with Crippen LogP contribution in [0.1, 0.15) is 19.8 Å². The fraction of sp³-hybridized carbons (Fsp3) is 0.190. The van der Waals surface area contributed by atoms with Gasteiger partial charge in [0.05, 0.1) is 12.1 Å². The number of H-pyrrole nitrogens is 1. The number of nitrogens with one attached hydrogen (secondary N) is 1. The molecule has 2 heterocycles. The summed E-state index contributed by atoms with van der Waals surface area (Å²) >= 11 is 0. The minimum absolute atomic E-state index is 0.0129.